The molecule has 3 rings (SSSR count). The minimum atomic E-state index is -0.512. The van der Waals surface area contributed by atoms with E-state index in [1.807, 2.05) is 19.1 Å². The Morgan fingerprint density at radius 2 is 1.56 bits per heavy atom. The third-order valence-corrected chi connectivity index (χ3v) is 5.83. The van der Waals surface area contributed by atoms with Crippen LogP contribution in [0.4, 0.5) is 11.4 Å². The monoisotopic (exact) mass is 450 g/mol. The van der Waals surface area contributed by atoms with Gasteiger partial charge in [0, 0.05) is 35.3 Å². The van der Waals surface area contributed by atoms with Crippen LogP contribution in [0.5, 0.6) is 5.75 Å². The molecule has 0 aromatic heterocycles. The number of benzene rings is 3. The molecular formula is C24H22N2O5S. The molecule has 0 heterocycles. The Morgan fingerprint density at radius 3 is 2.12 bits per heavy atom. The summed E-state index contributed by atoms with van der Waals surface area (Å²) in [6, 6.07) is 20.0. The van der Waals surface area contributed by atoms with E-state index in [-0.39, 0.29) is 11.6 Å². The van der Waals surface area contributed by atoms with E-state index in [9.17, 15) is 19.7 Å². The highest BCUT2D eigenvalue weighted by Gasteiger charge is 2.18. The van der Waals surface area contributed by atoms with E-state index in [0.29, 0.717) is 17.0 Å². The third-order valence-electron chi connectivity index (χ3n) is 4.74. The maximum atomic E-state index is 12.6. The Balaban J connectivity index is 1.59. The molecule has 164 valence electrons. The van der Waals surface area contributed by atoms with Gasteiger partial charge in [-0.25, -0.2) is 0 Å². The molecule has 1 unspecified atom stereocenters. The molecule has 0 radical (unpaired) electrons. The summed E-state index contributed by atoms with van der Waals surface area (Å²) in [4.78, 5) is 37.6. The van der Waals surface area contributed by atoms with Crippen molar-refractivity contribution in [2.24, 2.45) is 0 Å². The zero-order valence-corrected chi connectivity index (χ0v) is 18.7. The van der Waals surface area contributed by atoms with Crippen LogP contribution in [0.2, 0.25) is 0 Å². The number of carbonyl (C=O) groups excluding carboxylic acids is 2. The number of hydrogen-bond acceptors (Lipinski definition) is 6. The molecule has 0 fully saturated rings. The van der Waals surface area contributed by atoms with Crippen LogP contribution in [0, 0.1) is 17.0 Å². The highest BCUT2D eigenvalue weighted by molar-refractivity contribution is 8.00. The van der Waals surface area contributed by atoms with Crippen molar-refractivity contribution >= 4 is 35.0 Å². The molecular weight excluding hydrogens is 428 g/mol. The van der Waals surface area contributed by atoms with Crippen LogP contribution >= 0.6 is 11.8 Å². The van der Waals surface area contributed by atoms with Crippen molar-refractivity contribution in [1.29, 1.82) is 0 Å². The van der Waals surface area contributed by atoms with Gasteiger partial charge in [0.25, 0.3) is 11.6 Å². The van der Waals surface area contributed by atoms with Crippen molar-refractivity contribution in [3.05, 3.63) is 94.0 Å². The van der Waals surface area contributed by atoms with Gasteiger partial charge in [-0.1, -0.05) is 17.7 Å². The molecule has 1 amide bonds. The molecule has 0 aliphatic carbocycles. The summed E-state index contributed by atoms with van der Waals surface area (Å²) >= 11 is 1.25. The van der Waals surface area contributed by atoms with E-state index >= 15 is 0 Å². The van der Waals surface area contributed by atoms with E-state index in [1.165, 1.54) is 28.8 Å². The number of carbonyl (C=O) groups is 2. The number of hydrogen-bond donors (Lipinski definition) is 0. The van der Waals surface area contributed by atoms with Crippen molar-refractivity contribution in [3.63, 3.8) is 0 Å². The van der Waals surface area contributed by atoms with Gasteiger partial charge in [0.15, 0.2) is 0 Å². The number of anilines is 1. The summed E-state index contributed by atoms with van der Waals surface area (Å²) in [5, 5.41) is 10.2. The van der Waals surface area contributed by atoms with E-state index in [4.69, 9.17) is 4.74 Å². The fourth-order valence-electron chi connectivity index (χ4n) is 2.84. The number of thioether (sulfide) groups is 1. The second kappa shape index (κ2) is 10.1. The average molecular weight is 451 g/mol. The number of esters is 1. The van der Waals surface area contributed by atoms with Crippen LogP contribution in [0.1, 0.15) is 22.8 Å². The van der Waals surface area contributed by atoms with E-state index in [1.54, 1.807) is 62.5 Å². The third kappa shape index (κ3) is 5.73. The van der Waals surface area contributed by atoms with Crippen LogP contribution in [0.3, 0.4) is 0 Å². The smallest absolute Gasteiger partial charge is 0.324 e. The minimum Gasteiger partial charge on any atom is -0.426 e. The first kappa shape index (κ1) is 23.0. The topological polar surface area (TPSA) is 89.8 Å². The number of nitro benzene ring substituents is 1. The summed E-state index contributed by atoms with van der Waals surface area (Å²) in [6.07, 6.45) is 0. The number of nitro groups is 1. The summed E-state index contributed by atoms with van der Waals surface area (Å²) in [5.41, 5.74) is 2.33. The lowest BCUT2D eigenvalue weighted by molar-refractivity contribution is -0.384. The number of amides is 1. The van der Waals surface area contributed by atoms with Crippen LogP contribution < -0.4 is 9.64 Å². The summed E-state index contributed by atoms with van der Waals surface area (Å²) in [7, 11) is 1.69. The predicted octanol–water partition coefficient (Wildman–Crippen LogP) is 5.27. The van der Waals surface area contributed by atoms with Crippen LogP contribution in [-0.2, 0) is 4.79 Å². The number of aryl methyl sites for hydroxylation is 1. The summed E-state index contributed by atoms with van der Waals surface area (Å²) in [5.74, 6) is -0.209. The molecule has 0 spiro atoms. The van der Waals surface area contributed by atoms with E-state index in [2.05, 4.69) is 0 Å². The van der Waals surface area contributed by atoms with Crippen molar-refractivity contribution in [2.75, 3.05) is 11.9 Å². The largest absolute Gasteiger partial charge is 0.426 e. The SMILES string of the molecule is Cc1ccc(C(=O)N(C)c2ccc(OC(=O)C(C)Sc3ccc([N+](=O)[O-])cc3)cc2)cc1. The van der Waals surface area contributed by atoms with Gasteiger partial charge in [-0.3, -0.25) is 19.7 Å². The molecule has 7 nitrogen and oxygen atoms in total. The molecule has 1 atom stereocenters. The molecule has 0 saturated carbocycles. The molecule has 0 bridgehead atoms. The first-order valence-corrected chi connectivity index (χ1v) is 10.7. The number of rotatable bonds is 7. The Labute approximate surface area is 190 Å². The second-order valence-corrected chi connectivity index (χ2v) is 8.57. The minimum absolute atomic E-state index is 0.00417. The Bertz CT molecular complexity index is 1110. The highest BCUT2D eigenvalue weighted by atomic mass is 32.2. The van der Waals surface area contributed by atoms with Crippen LogP contribution in [-0.4, -0.2) is 29.1 Å². The number of non-ortho nitro benzene ring substituents is 1. The molecule has 0 N–H and O–H groups in total. The maximum absolute atomic E-state index is 12.6. The van der Waals surface area contributed by atoms with Gasteiger partial charge >= 0.3 is 5.97 Å². The van der Waals surface area contributed by atoms with Gasteiger partial charge in [0.2, 0.25) is 0 Å². The van der Waals surface area contributed by atoms with Crippen molar-refractivity contribution < 1.29 is 19.2 Å². The summed E-state index contributed by atoms with van der Waals surface area (Å²) in [6.45, 7) is 3.67. The number of ether oxygens (including phenoxy) is 1. The van der Waals surface area contributed by atoms with Gasteiger partial charge < -0.3 is 9.64 Å². The zero-order valence-electron chi connectivity index (χ0n) is 17.8. The van der Waals surface area contributed by atoms with E-state index < -0.39 is 16.1 Å². The lowest BCUT2D eigenvalue weighted by Crippen LogP contribution is -2.26. The normalized spacial score (nSPS) is 11.5. The van der Waals surface area contributed by atoms with Crippen molar-refractivity contribution in [2.45, 2.75) is 24.0 Å². The Morgan fingerprint density at radius 1 is 0.969 bits per heavy atom. The van der Waals surface area contributed by atoms with Gasteiger partial charge in [-0.15, -0.1) is 11.8 Å². The Kier molecular flexibility index (Phi) is 7.27. The maximum Gasteiger partial charge on any atom is 0.324 e. The molecule has 0 saturated heterocycles. The lowest BCUT2D eigenvalue weighted by Gasteiger charge is -2.18. The molecule has 0 aliphatic rings. The van der Waals surface area contributed by atoms with Gasteiger partial charge in [-0.05, 0) is 62.4 Å². The summed E-state index contributed by atoms with van der Waals surface area (Å²) < 4.78 is 5.43. The van der Waals surface area contributed by atoms with Crippen LogP contribution in [0.25, 0.3) is 0 Å². The second-order valence-electron chi connectivity index (χ2n) is 7.16. The standard InChI is InChI=1S/C24H22N2O5S/c1-16-4-6-18(7-5-16)23(27)25(3)19-8-12-21(13-9-19)31-24(28)17(2)32-22-14-10-20(11-15-22)26(29)30/h4-15,17H,1-3H3. The number of nitrogens with zero attached hydrogens (tertiary/aromatic N) is 2. The lowest BCUT2D eigenvalue weighted by atomic mass is 10.1. The fraction of sp³-hybridized carbons (Fsp3) is 0.167. The molecule has 3 aromatic rings. The van der Waals surface area contributed by atoms with Crippen LogP contribution in [0.15, 0.2) is 77.7 Å². The molecule has 32 heavy (non-hydrogen) atoms. The molecule has 0 aliphatic heterocycles. The van der Waals surface area contributed by atoms with Gasteiger partial charge in [-0.2, -0.15) is 0 Å². The fourth-order valence-corrected chi connectivity index (χ4v) is 3.69. The highest BCUT2D eigenvalue weighted by Crippen LogP contribution is 2.27. The first-order chi connectivity index (χ1) is 15.2. The zero-order chi connectivity index (χ0) is 23.3. The Hall–Kier alpha value is -3.65. The van der Waals surface area contributed by atoms with Gasteiger partial charge in [0.05, 0.1) is 4.92 Å². The van der Waals surface area contributed by atoms with Gasteiger partial charge in [0.1, 0.15) is 11.0 Å². The van der Waals surface area contributed by atoms with Crippen molar-refractivity contribution in [1.82, 2.24) is 0 Å². The van der Waals surface area contributed by atoms with Crippen molar-refractivity contribution in [3.8, 4) is 5.75 Å². The first-order valence-electron chi connectivity index (χ1n) is 9.82. The predicted molar refractivity (Wildman–Crippen MR) is 124 cm³/mol. The van der Waals surface area contributed by atoms with E-state index in [0.717, 1.165) is 10.5 Å². The molecule has 3 aromatic carbocycles. The average Bonchev–Trinajstić information content (AvgIpc) is 2.79. The quantitative estimate of drug-likeness (QED) is 0.160. The molecule has 8 heteroatoms.